The average Bonchev–Trinajstić information content (AvgIpc) is 3.94. The third kappa shape index (κ3) is 6.93. The molecule has 0 aliphatic rings. The fourth-order valence-corrected chi connectivity index (χ4v) is 7.40. The first-order chi connectivity index (χ1) is 29.0. The highest BCUT2D eigenvalue weighted by atomic mass is 16.1. The summed E-state index contributed by atoms with van der Waals surface area (Å²) in [5, 5.41) is 24.2. The van der Waals surface area contributed by atoms with Crippen molar-refractivity contribution in [3.05, 3.63) is 170 Å². The van der Waals surface area contributed by atoms with Crippen LogP contribution in [-0.2, 0) is 0 Å². The molecule has 0 unspecified atom stereocenters. The molecule has 0 radical (unpaired) electrons. The molecule has 0 aliphatic carbocycles. The van der Waals surface area contributed by atoms with Crippen LogP contribution in [-0.4, -0.2) is 46.1 Å². The van der Waals surface area contributed by atoms with E-state index in [2.05, 4.69) is 113 Å². The minimum absolute atomic E-state index is 0.0219. The SMILES string of the molecule is CC(=O)c1cccc(-c2n[nH]c3ncnc(Nc4cc(-c5ccccc5)cc(-c5cccc(-c6n[nH]c7ncnc(Nc8cccc(-c9ccccc9)c8)c67)c5)c4)c23)c1. The number of aromatic nitrogens is 8. The van der Waals surface area contributed by atoms with E-state index in [1.54, 1.807) is 13.0 Å². The van der Waals surface area contributed by atoms with Crippen LogP contribution in [0.15, 0.2) is 164 Å². The molecule has 0 spiro atoms. The molecule has 10 aromatic rings. The molecule has 11 heteroatoms. The van der Waals surface area contributed by atoms with Gasteiger partial charge in [0.05, 0.1) is 10.8 Å². The number of fused-ring (bicyclic) bond motifs is 2. The minimum atomic E-state index is -0.0219. The maximum absolute atomic E-state index is 12.2. The molecule has 4 heterocycles. The quantitative estimate of drug-likeness (QED) is 0.0997. The van der Waals surface area contributed by atoms with Crippen molar-refractivity contribution < 1.29 is 4.79 Å². The fourth-order valence-electron chi connectivity index (χ4n) is 7.40. The average molecular weight is 767 g/mol. The third-order valence-electron chi connectivity index (χ3n) is 10.3. The van der Waals surface area contributed by atoms with E-state index in [0.717, 1.165) is 67.0 Å². The Kier molecular flexibility index (Phi) is 8.92. The monoisotopic (exact) mass is 766 g/mol. The van der Waals surface area contributed by atoms with Crippen molar-refractivity contribution in [3.63, 3.8) is 0 Å². The molecule has 10 rings (SSSR count). The summed E-state index contributed by atoms with van der Waals surface area (Å²) in [5.41, 5.74) is 12.9. The van der Waals surface area contributed by atoms with Gasteiger partial charge in [-0.3, -0.25) is 15.0 Å². The summed E-state index contributed by atoms with van der Waals surface area (Å²) in [4.78, 5) is 30.6. The summed E-state index contributed by atoms with van der Waals surface area (Å²) >= 11 is 0. The molecule has 282 valence electrons. The molecule has 0 amide bonds. The number of carbonyl (C=O) groups is 1. The van der Waals surface area contributed by atoms with Crippen LogP contribution in [0.4, 0.5) is 23.0 Å². The second-order valence-electron chi connectivity index (χ2n) is 14.1. The molecule has 4 N–H and O–H groups in total. The van der Waals surface area contributed by atoms with Crippen LogP contribution < -0.4 is 10.6 Å². The molecule has 11 nitrogen and oxygen atoms in total. The molecule has 0 atom stereocenters. The van der Waals surface area contributed by atoms with Gasteiger partial charge in [-0.25, -0.2) is 19.9 Å². The Morgan fingerprint density at radius 3 is 1.53 bits per heavy atom. The summed E-state index contributed by atoms with van der Waals surface area (Å²) < 4.78 is 0. The predicted octanol–water partition coefficient (Wildman–Crippen LogP) is 11.0. The van der Waals surface area contributed by atoms with Crippen molar-refractivity contribution in [2.75, 3.05) is 10.6 Å². The zero-order chi connectivity index (χ0) is 39.7. The van der Waals surface area contributed by atoms with Gasteiger partial charge >= 0.3 is 0 Å². The minimum Gasteiger partial charge on any atom is -0.339 e. The van der Waals surface area contributed by atoms with E-state index >= 15 is 0 Å². The van der Waals surface area contributed by atoms with Gasteiger partial charge in [0, 0.05) is 28.1 Å². The molecule has 0 aliphatic heterocycles. The predicted molar refractivity (Wildman–Crippen MR) is 234 cm³/mol. The lowest BCUT2D eigenvalue weighted by Gasteiger charge is -2.14. The largest absolute Gasteiger partial charge is 0.339 e. The Morgan fingerprint density at radius 1 is 0.441 bits per heavy atom. The number of benzene rings is 6. The number of rotatable bonds is 10. The van der Waals surface area contributed by atoms with Crippen molar-refractivity contribution in [1.29, 1.82) is 0 Å². The summed E-state index contributed by atoms with van der Waals surface area (Å²) in [6.45, 7) is 1.55. The number of ketones is 1. The second-order valence-corrected chi connectivity index (χ2v) is 14.1. The van der Waals surface area contributed by atoms with E-state index in [0.29, 0.717) is 39.6 Å². The lowest BCUT2D eigenvalue weighted by molar-refractivity contribution is 0.101. The van der Waals surface area contributed by atoms with Crippen LogP contribution in [0.1, 0.15) is 17.3 Å². The van der Waals surface area contributed by atoms with Gasteiger partial charge in [-0.1, -0.05) is 109 Å². The first kappa shape index (κ1) is 35.1. The van der Waals surface area contributed by atoms with Crippen molar-refractivity contribution in [3.8, 4) is 55.9 Å². The molecule has 0 fully saturated rings. The molecular formula is C48H34N10O. The first-order valence-electron chi connectivity index (χ1n) is 19.0. The Labute approximate surface area is 338 Å². The van der Waals surface area contributed by atoms with Gasteiger partial charge in [0.25, 0.3) is 0 Å². The lowest BCUT2D eigenvalue weighted by Crippen LogP contribution is -1.98. The van der Waals surface area contributed by atoms with E-state index in [1.807, 2.05) is 78.9 Å². The van der Waals surface area contributed by atoms with Crippen LogP contribution in [0.3, 0.4) is 0 Å². The molecular weight excluding hydrogens is 733 g/mol. The molecule has 0 saturated carbocycles. The number of Topliss-reactive ketones (excluding diaryl/α,β-unsaturated/α-hetero) is 1. The maximum atomic E-state index is 12.2. The smallest absolute Gasteiger partial charge is 0.161 e. The van der Waals surface area contributed by atoms with E-state index in [-0.39, 0.29) is 5.78 Å². The van der Waals surface area contributed by atoms with Crippen LogP contribution in [0.5, 0.6) is 0 Å². The normalized spacial score (nSPS) is 11.2. The highest BCUT2D eigenvalue weighted by molar-refractivity contribution is 6.03. The number of nitrogens with zero attached hydrogens (tertiary/aromatic N) is 6. The summed E-state index contributed by atoms with van der Waals surface area (Å²) in [6.07, 6.45) is 3.04. The van der Waals surface area contributed by atoms with E-state index in [1.165, 1.54) is 12.7 Å². The highest BCUT2D eigenvalue weighted by Crippen LogP contribution is 2.38. The fraction of sp³-hybridized carbons (Fsp3) is 0.0208. The molecule has 0 saturated heterocycles. The zero-order valence-electron chi connectivity index (χ0n) is 31.7. The summed E-state index contributed by atoms with van der Waals surface area (Å²) in [6, 6.07) is 50.9. The van der Waals surface area contributed by atoms with Gasteiger partial charge in [-0.2, -0.15) is 10.2 Å². The van der Waals surface area contributed by atoms with E-state index in [9.17, 15) is 4.79 Å². The Bertz CT molecular complexity index is 3160. The van der Waals surface area contributed by atoms with Gasteiger partial charge in [0.2, 0.25) is 0 Å². The number of aromatic amines is 2. The third-order valence-corrected chi connectivity index (χ3v) is 10.3. The van der Waals surface area contributed by atoms with Crippen LogP contribution in [0.2, 0.25) is 0 Å². The van der Waals surface area contributed by atoms with Crippen molar-refractivity contribution in [2.24, 2.45) is 0 Å². The highest BCUT2D eigenvalue weighted by Gasteiger charge is 2.19. The number of carbonyl (C=O) groups excluding carboxylic acids is 1. The van der Waals surface area contributed by atoms with Gasteiger partial charge in [0.1, 0.15) is 35.7 Å². The number of anilines is 4. The molecule has 59 heavy (non-hydrogen) atoms. The number of nitrogens with one attached hydrogen (secondary N) is 4. The Balaban J connectivity index is 1.04. The molecule has 0 bridgehead atoms. The first-order valence-corrected chi connectivity index (χ1v) is 19.0. The van der Waals surface area contributed by atoms with E-state index < -0.39 is 0 Å². The van der Waals surface area contributed by atoms with Gasteiger partial charge < -0.3 is 10.6 Å². The molecule has 6 aromatic carbocycles. The lowest BCUT2D eigenvalue weighted by atomic mass is 9.96. The number of H-pyrrole nitrogens is 2. The van der Waals surface area contributed by atoms with Crippen LogP contribution in [0.25, 0.3) is 78.0 Å². The van der Waals surface area contributed by atoms with Crippen molar-refractivity contribution in [2.45, 2.75) is 6.92 Å². The van der Waals surface area contributed by atoms with Crippen LogP contribution >= 0.6 is 0 Å². The number of hydrogen-bond donors (Lipinski definition) is 4. The second kappa shape index (κ2) is 15.0. The Hall–Kier alpha value is -8.31. The summed E-state index contributed by atoms with van der Waals surface area (Å²) in [5.74, 6) is 1.20. The van der Waals surface area contributed by atoms with Gasteiger partial charge in [-0.15, -0.1) is 0 Å². The van der Waals surface area contributed by atoms with Gasteiger partial charge in [-0.05, 0) is 82.8 Å². The van der Waals surface area contributed by atoms with Crippen molar-refractivity contribution in [1.82, 2.24) is 40.3 Å². The maximum Gasteiger partial charge on any atom is 0.161 e. The van der Waals surface area contributed by atoms with Crippen LogP contribution in [0, 0.1) is 0 Å². The Morgan fingerprint density at radius 2 is 0.898 bits per heavy atom. The van der Waals surface area contributed by atoms with Crippen molar-refractivity contribution >= 4 is 50.9 Å². The zero-order valence-corrected chi connectivity index (χ0v) is 31.7. The topological polar surface area (TPSA) is 150 Å². The number of hydrogen-bond acceptors (Lipinski definition) is 9. The molecule has 4 aromatic heterocycles. The standard InChI is InChI=1S/C48H34N10O/c1-29(59)32-15-8-18-35(21-32)43-42-46(50-28-52-48(42)58-55-43)54-40-25-37(31-13-6-3-7-14-31)23-38(26-40)33-16-9-19-36(22-33)44-41-45(49-27-51-47(41)57-56-44)53-39-20-10-17-34(24-39)30-11-4-2-5-12-30/h2-28H,1H3,(H2,49,51,53,56,57)(H2,50,52,54,55,58). The van der Waals surface area contributed by atoms with Gasteiger partial charge in [0.15, 0.2) is 17.1 Å². The summed E-state index contributed by atoms with van der Waals surface area (Å²) in [7, 11) is 0. The van der Waals surface area contributed by atoms with E-state index in [4.69, 9.17) is 5.10 Å².